The lowest BCUT2D eigenvalue weighted by Gasteiger charge is -2.16. The van der Waals surface area contributed by atoms with E-state index in [0.717, 1.165) is 19.3 Å². The Morgan fingerprint density at radius 3 is 2.55 bits per heavy atom. The molecule has 2 heterocycles. The maximum atomic E-state index is 12.5. The number of carbonyl (C=O) groups is 2. The first-order valence-electron chi connectivity index (χ1n) is 6.75. The summed E-state index contributed by atoms with van der Waals surface area (Å²) in [5.74, 6) is 0.0760. The fourth-order valence-corrected chi connectivity index (χ4v) is 3.46. The number of fused-ring (bicyclic) bond motifs is 1. The van der Waals surface area contributed by atoms with Crippen molar-refractivity contribution in [3.8, 4) is 0 Å². The van der Waals surface area contributed by atoms with Crippen LogP contribution >= 0.6 is 12.2 Å². The lowest BCUT2D eigenvalue weighted by atomic mass is 10.00. The molecule has 2 amide bonds. The molecule has 7 heteroatoms. The first-order chi connectivity index (χ1) is 9.54. The largest absolute Gasteiger partial charge is 0.389 e. The predicted molar refractivity (Wildman–Crippen MR) is 77.0 cm³/mol. The van der Waals surface area contributed by atoms with Crippen LogP contribution in [0.2, 0.25) is 0 Å². The Balaban J connectivity index is 1.94. The quantitative estimate of drug-likeness (QED) is 0.640. The molecule has 0 spiro atoms. The van der Waals surface area contributed by atoms with E-state index < -0.39 is 0 Å². The number of nitrogens with zero attached hydrogens (tertiary/aromatic N) is 2. The number of imide groups is 1. The van der Waals surface area contributed by atoms with E-state index in [1.54, 1.807) is 0 Å². The molecule has 1 aliphatic carbocycles. The summed E-state index contributed by atoms with van der Waals surface area (Å²) in [4.78, 5) is 26.3. The second-order valence-electron chi connectivity index (χ2n) is 5.47. The normalized spacial score (nSPS) is 29.1. The van der Waals surface area contributed by atoms with Gasteiger partial charge in [0.25, 0.3) is 0 Å². The summed E-state index contributed by atoms with van der Waals surface area (Å²) < 4.78 is 0. The van der Waals surface area contributed by atoms with Gasteiger partial charge in [-0.3, -0.25) is 14.7 Å². The molecule has 1 aromatic rings. The molecule has 1 aliphatic heterocycles. The molecule has 2 aliphatic rings. The third-order valence-electron chi connectivity index (χ3n) is 4.42. The molecule has 3 rings (SSSR count). The molecule has 0 aromatic carbocycles. The van der Waals surface area contributed by atoms with Crippen LogP contribution < -0.4 is 10.6 Å². The Bertz CT molecular complexity index is 573. The van der Waals surface area contributed by atoms with Gasteiger partial charge in [0, 0.05) is 0 Å². The van der Waals surface area contributed by atoms with Crippen molar-refractivity contribution in [2.45, 2.75) is 26.2 Å². The average Bonchev–Trinajstić information content (AvgIpc) is 3.08. The molecule has 6 nitrogen and oxygen atoms in total. The lowest BCUT2D eigenvalue weighted by Crippen LogP contribution is -2.34. The summed E-state index contributed by atoms with van der Waals surface area (Å²) in [6.07, 6.45) is 4.04. The predicted octanol–water partition coefficient (Wildman–Crippen LogP) is 0.970. The van der Waals surface area contributed by atoms with Gasteiger partial charge >= 0.3 is 0 Å². The summed E-state index contributed by atoms with van der Waals surface area (Å²) in [6, 6.07) is 0. The lowest BCUT2D eigenvalue weighted by molar-refractivity contribution is -0.123. The topological polar surface area (TPSA) is 92.1 Å². The summed E-state index contributed by atoms with van der Waals surface area (Å²) in [6.45, 7) is 2.10. The summed E-state index contributed by atoms with van der Waals surface area (Å²) >= 11 is 4.92. The molecular formula is C13H16N4O2S. The molecule has 1 saturated carbocycles. The van der Waals surface area contributed by atoms with Crippen molar-refractivity contribution in [3.63, 3.8) is 0 Å². The van der Waals surface area contributed by atoms with E-state index in [9.17, 15) is 9.59 Å². The number of anilines is 1. The van der Waals surface area contributed by atoms with Crippen LogP contribution in [-0.4, -0.2) is 27.0 Å². The van der Waals surface area contributed by atoms with Crippen molar-refractivity contribution in [3.05, 3.63) is 11.8 Å². The number of thiocarbonyl (C=S) groups is 1. The number of rotatable bonds is 3. The van der Waals surface area contributed by atoms with Crippen LogP contribution in [0.25, 0.3) is 0 Å². The van der Waals surface area contributed by atoms with Gasteiger partial charge in [0.1, 0.15) is 10.8 Å². The minimum absolute atomic E-state index is 0.123. The number of aromatic nitrogens is 2. The van der Waals surface area contributed by atoms with Crippen molar-refractivity contribution in [2.24, 2.45) is 23.5 Å². The molecule has 106 valence electrons. The average molecular weight is 292 g/mol. The highest BCUT2D eigenvalue weighted by molar-refractivity contribution is 7.80. The summed E-state index contributed by atoms with van der Waals surface area (Å²) in [5.41, 5.74) is 6.04. The number of hydrogen-bond acceptors (Lipinski definition) is 4. The zero-order valence-corrected chi connectivity index (χ0v) is 11.9. The SMILES string of the molecule is CCC1CC2C(=O)N(c3[nH]ncc3C(N)=S)C(=O)C2C1. The van der Waals surface area contributed by atoms with Crippen LogP contribution in [0.5, 0.6) is 0 Å². The van der Waals surface area contributed by atoms with E-state index in [4.69, 9.17) is 18.0 Å². The second-order valence-corrected chi connectivity index (χ2v) is 5.91. The maximum absolute atomic E-state index is 12.5. The molecule has 1 aromatic heterocycles. The third kappa shape index (κ3) is 1.76. The van der Waals surface area contributed by atoms with E-state index >= 15 is 0 Å². The van der Waals surface area contributed by atoms with Gasteiger partial charge in [-0.25, -0.2) is 4.90 Å². The van der Waals surface area contributed by atoms with Crippen molar-refractivity contribution >= 4 is 34.8 Å². The smallest absolute Gasteiger partial charge is 0.238 e. The monoisotopic (exact) mass is 292 g/mol. The van der Waals surface area contributed by atoms with Crippen LogP contribution in [0.1, 0.15) is 31.7 Å². The standard InChI is InChI=1S/C13H16N4O2S/c1-2-6-3-7-8(4-6)13(19)17(12(7)18)11-9(10(14)20)5-15-16-11/h5-8H,2-4H2,1H3,(H2,14,20)(H,15,16). The molecule has 20 heavy (non-hydrogen) atoms. The molecule has 0 radical (unpaired) electrons. The molecule has 2 unspecified atom stereocenters. The van der Waals surface area contributed by atoms with Gasteiger partial charge in [0.15, 0.2) is 0 Å². The first-order valence-corrected chi connectivity index (χ1v) is 7.16. The molecule has 2 fully saturated rings. The zero-order valence-electron chi connectivity index (χ0n) is 11.1. The second kappa shape index (κ2) is 4.66. The number of amides is 2. The minimum atomic E-state index is -0.199. The van der Waals surface area contributed by atoms with Crippen molar-refractivity contribution in [2.75, 3.05) is 4.90 Å². The van der Waals surface area contributed by atoms with Gasteiger partial charge in [-0.05, 0) is 18.8 Å². The Labute approximate surface area is 121 Å². The number of nitrogens with two attached hydrogens (primary N) is 1. The van der Waals surface area contributed by atoms with Crippen LogP contribution in [0.15, 0.2) is 6.20 Å². The van der Waals surface area contributed by atoms with Crippen LogP contribution in [0.3, 0.4) is 0 Å². The van der Waals surface area contributed by atoms with Gasteiger partial charge in [0.2, 0.25) is 11.8 Å². The van der Waals surface area contributed by atoms with Gasteiger partial charge in [0.05, 0.1) is 23.6 Å². The van der Waals surface area contributed by atoms with Crippen molar-refractivity contribution < 1.29 is 9.59 Å². The van der Waals surface area contributed by atoms with E-state index in [1.165, 1.54) is 11.1 Å². The molecule has 1 saturated heterocycles. The molecular weight excluding hydrogens is 276 g/mol. The van der Waals surface area contributed by atoms with E-state index in [-0.39, 0.29) is 28.6 Å². The number of H-pyrrole nitrogens is 1. The van der Waals surface area contributed by atoms with Crippen LogP contribution in [0, 0.1) is 17.8 Å². The number of carbonyl (C=O) groups excluding carboxylic acids is 2. The Morgan fingerprint density at radius 1 is 1.45 bits per heavy atom. The van der Waals surface area contributed by atoms with Gasteiger partial charge in [-0.1, -0.05) is 25.6 Å². The maximum Gasteiger partial charge on any atom is 0.238 e. The Morgan fingerprint density at radius 2 is 2.05 bits per heavy atom. The summed E-state index contributed by atoms with van der Waals surface area (Å²) in [7, 11) is 0. The highest BCUT2D eigenvalue weighted by Crippen LogP contribution is 2.45. The highest BCUT2D eigenvalue weighted by atomic mass is 32.1. The minimum Gasteiger partial charge on any atom is -0.389 e. The zero-order chi connectivity index (χ0) is 14.4. The van der Waals surface area contributed by atoms with Crippen LogP contribution in [0.4, 0.5) is 5.82 Å². The van der Waals surface area contributed by atoms with E-state index in [0.29, 0.717) is 17.3 Å². The van der Waals surface area contributed by atoms with Crippen LogP contribution in [-0.2, 0) is 9.59 Å². The van der Waals surface area contributed by atoms with Gasteiger partial charge in [-0.15, -0.1) is 0 Å². The highest BCUT2D eigenvalue weighted by Gasteiger charge is 2.53. The number of hydrogen-bond donors (Lipinski definition) is 2. The Hall–Kier alpha value is -1.76. The number of aromatic amines is 1. The van der Waals surface area contributed by atoms with Gasteiger partial charge < -0.3 is 5.73 Å². The molecule has 3 N–H and O–H groups in total. The van der Waals surface area contributed by atoms with E-state index in [2.05, 4.69) is 17.1 Å². The van der Waals surface area contributed by atoms with Gasteiger partial charge in [-0.2, -0.15) is 5.10 Å². The fraction of sp³-hybridized carbons (Fsp3) is 0.538. The summed E-state index contributed by atoms with van der Waals surface area (Å²) in [5, 5.41) is 6.51. The first kappa shape index (κ1) is 13.2. The number of nitrogens with one attached hydrogen (secondary N) is 1. The van der Waals surface area contributed by atoms with Crippen molar-refractivity contribution in [1.82, 2.24) is 10.2 Å². The fourth-order valence-electron chi connectivity index (χ4n) is 3.31. The van der Waals surface area contributed by atoms with E-state index in [1.807, 2.05) is 0 Å². The Kier molecular flexibility index (Phi) is 3.08. The third-order valence-corrected chi connectivity index (χ3v) is 4.64. The molecule has 0 bridgehead atoms. The molecule has 2 atom stereocenters. The van der Waals surface area contributed by atoms with Crippen molar-refractivity contribution in [1.29, 1.82) is 0 Å².